The summed E-state index contributed by atoms with van der Waals surface area (Å²) in [4.78, 5) is 23.6. The smallest absolute Gasteiger partial charge is 0.260 e. The average Bonchev–Trinajstić information content (AvgIpc) is 3.19. The Kier molecular flexibility index (Phi) is 3.60. The summed E-state index contributed by atoms with van der Waals surface area (Å²) in [5, 5.41) is 4.27. The molecule has 0 aromatic carbocycles. The Morgan fingerprint density at radius 1 is 1.16 bits per heavy atom. The van der Waals surface area contributed by atoms with Gasteiger partial charge in [0.25, 0.3) is 5.91 Å². The van der Waals surface area contributed by atoms with Crippen LogP contribution in [0, 0.1) is 13.8 Å². The standard InChI is InChI=1S/C19H19N5O/c1-4-23-10-15(9-21-23)24-11-17-18(19(24)25)13(3)6-16(22-17)14-5-12(2)7-20-8-14/h5-10H,4,11H2,1-3H3. The minimum atomic E-state index is -0.00966. The number of aryl methyl sites for hydroxylation is 3. The first-order chi connectivity index (χ1) is 12.1. The Morgan fingerprint density at radius 3 is 2.72 bits per heavy atom. The Hall–Kier alpha value is -3.02. The molecule has 3 aromatic heterocycles. The Balaban J connectivity index is 1.74. The van der Waals surface area contributed by atoms with Crippen molar-refractivity contribution in [3.05, 3.63) is 59.3 Å². The molecule has 0 aliphatic carbocycles. The number of aromatic nitrogens is 4. The van der Waals surface area contributed by atoms with Gasteiger partial charge in [0, 0.05) is 30.7 Å². The number of carbonyl (C=O) groups is 1. The van der Waals surface area contributed by atoms with Crippen molar-refractivity contribution in [3.63, 3.8) is 0 Å². The molecule has 3 aromatic rings. The van der Waals surface area contributed by atoms with E-state index in [4.69, 9.17) is 4.98 Å². The van der Waals surface area contributed by atoms with Gasteiger partial charge in [-0.2, -0.15) is 5.10 Å². The van der Waals surface area contributed by atoms with Crippen molar-refractivity contribution in [2.45, 2.75) is 33.9 Å². The molecule has 4 rings (SSSR count). The lowest BCUT2D eigenvalue weighted by atomic mass is 10.0. The van der Waals surface area contributed by atoms with Gasteiger partial charge in [0.15, 0.2) is 0 Å². The molecule has 0 saturated carbocycles. The normalized spacial score (nSPS) is 13.4. The summed E-state index contributed by atoms with van der Waals surface area (Å²) in [5.41, 5.74) is 6.17. The molecule has 0 atom stereocenters. The molecule has 25 heavy (non-hydrogen) atoms. The third-order valence-corrected chi connectivity index (χ3v) is 4.48. The predicted octanol–water partition coefficient (Wildman–Crippen LogP) is 3.14. The van der Waals surface area contributed by atoms with E-state index in [-0.39, 0.29) is 5.91 Å². The van der Waals surface area contributed by atoms with E-state index in [1.807, 2.05) is 43.9 Å². The monoisotopic (exact) mass is 333 g/mol. The highest BCUT2D eigenvalue weighted by Gasteiger charge is 2.32. The van der Waals surface area contributed by atoms with Crippen LogP contribution in [0.5, 0.6) is 0 Å². The number of amides is 1. The first-order valence-corrected chi connectivity index (χ1v) is 8.33. The molecular formula is C19H19N5O. The van der Waals surface area contributed by atoms with Crippen LogP contribution in [0.1, 0.15) is 34.1 Å². The molecule has 0 bridgehead atoms. The summed E-state index contributed by atoms with van der Waals surface area (Å²) in [7, 11) is 0. The summed E-state index contributed by atoms with van der Waals surface area (Å²) < 4.78 is 1.82. The van der Waals surface area contributed by atoms with Gasteiger partial charge >= 0.3 is 0 Å². The molecule has 0 N–H and O–H groups in total. The quantitative estimate of drug-likeness (QED) is 0.739. The Bertz CT molecular complexity index is 976. The number of nitrogens with zero attached hydrogens (tertiary/aromatic N) is 5. The Labute approximate surface area is 146 Å². The van der Waals surface area contributed by atoms with Crippen LogP contribution in [0.3, 0.4) is 0 Å². The van der Waals surface area contributed by atoms with E-state index in [1.54, 1.807) is 17.3 Å². The molecule has 0 fully saturated rings. The number of fused-ring (bicyclic) bond motifs is 1. The van der Waals surface area contributed by atoms with Crippen LogP contribution in [-0.4, -0.2) is 25.7 Å². The summed E-state index contributed by atoms with van der Waals surface area (Å²) in [6, 6.07) is 4.02. The first kappa shape index (κ1) is 15.5. The zero-order chi connectivity index (χ0) is 17.6. The number of hydrogen-bond acceptors (Lipinski definition) is 4. The maximum absolute atomic E-state index is 12.9. The fraction of sp³-hybridized carbons (Fsp3) is 0.263. The van der Waals surface area contributed by atoms with Crippen LogP contribution < -0.4 is 4.90 Å². The van der Waals surface area contributed by atoms with Crippen LogP contribution in [0.4, 0.5) is 5.69 Å². The second kappa shape index (κ2) is 5.81. The SMILES string of the molecule is CCn1cc(N2Cc3nc(-c4cncc(C)c4)cc(C)c3C2=O)cn1. The van der Waals surface area contributed by atoms with E-state index >= 15 is 0 Å². The number of carbonyl (C=O) groups excluding carboxylic acids is 1. The fourth-order valence-corrected chi connectivity index (χ4v) is 3.22. The van der Waals surface area contributed by atoms with E-state index in [2.05, 4.69) is 16.1 Å². The van der Waals surface area contributed by atoms with Gasteiger partial charge in [-0.3, -0.25) is 24.3 Å². The van der Waals surface area contributed by atoms with Crippen molar-refractivity contribution < 1.29 is 4.79 Å². The van der Waals surface area contributed by atoms with E-state index in [0.29, 0.717) is 12.1 Å². The second-order valence-corrected chi connectivity index (χ2v) is 6.34. The van der Waals surface area contributed by atoms with Crippen LogP contribution in [0.25, 0.3) is 11.3 Å². The van der Waals surface area contributed by atoms with Crippen molar-refractivity contribution >= 4 is 11.6 Å². The fourth-order valence-electron chi connectivity index (χ4n) is 3.22. The lowest BCUT2D eigenvalue weighted by Gasteiger charge is -2.12. The molecule has 1 aliphatic rings. The number of anilines is 1. The van der Waals surface area contributed by atoms with Crippen molar-refractivity contribution in [1.82, 2.24) is 19.7 Å². The third kappa shape index (κ3) is 2.59. The first-order valence-electron chi connectivity index (χ1n) is 8.33. The van der Waals surface area contributed by atoms with Gasteiger partial charge in [0.05, 0.1) is 35.4 Å². The van der Waals surface area contributed by atoms with Crippen molar-refractivity contribution in [1.29, 1.82) is 0 Å². The highest BCUT2D eigenvalue weighted by Crippen LogP contribution is 2.31. The van der Waals surface area contributed by atoms with Crippen LogP contribution in [0.2, 0.25) is 0 Å². The molecule has 0 saturated heterocycles. The zero-order valence-corrected chi connectivity index (χ0v) is 14.5. The van der Waals surface area contributed by atoms with Gasteiger partial charge in [-0.1, -0.05) is 0 Å². The second-order valence-electron chi connectivity index (χ2n) is 6.34. The van der Waals surface area contributed by atoms with Gasteiger partial charge in [-0.15, -0.1) is 0 Å². The predicted molar refractivity (Wildman–Crippen MR) is 95.4 cm³/mol. The van der Waals surface area contributed by atoms with E-state index < -0.39 is 0 Å². The third-order valence-electron chi connectivity index (χ3n) is 4.48. The molecule has 1 aliphatic heterocycles. The van der Waals surface area contributed by atoms with Gasteiger partial charge in [0.1, 0.15) is 0 Å². The molecule has 0 radical (unpaired) electrons. The van der Waals surface area contributed by atoms with Crippen molar-refractivity contribution in [3.8, 4) is 11.3 Å². The highest BCUT2D eigenvalue weighted by molar-refractivity contribution is 6.10. The molecule has 6 heteroatoms. The molecule has 1 amide bonds. The van der Waals surface area contributed by atoms with Gasteiger partial charge in [-0.25, -0.2) is 0 Å². The number of hydrogen-bond donors (Lipinski definition) is 0. The topological polar surface area (TPSA) is 63.9 Å². The van der Waals surface area contributed by atoms with Crippen LogP contribution >= 0.6 is 0 Å². The molecule has 4 heterocycles. The molecule has 0 unspecified atom stereocenters. The van der Waals surface area contributed by atoms with Crippen LogP contribution in [0.15, 0.2) is 36.9 Å². The number of rotatable bonds is 3. The van der Waals surface area contributed by atoms with Crippen molar-refractivity contribution in [2.75, 3.05) is 4.90 Å². The molecule has 126 valence electrons. The van der Waals surface area contributed by atoms with E-state index in [0.717, 1.165) is 40.3 Å². The van der Waals surface area contributed by atoms with Gasteiger partial charge in [0.2, 0.25) is 0 Å². The lowest BCUT2D eigenvalue weighted by molar-refractivity contribution is 0.0996. The maximum atomic E-state index is 12.9. The molecule has 6 nitrogen and oxygen atoms in total. The van der Waals surface area contributed by atoms with Crippen LogP contribution in [-0.2, 0) is 13.1 Å². The minimum absolute atomic E-state index is 0.00966. The summed E-state index contributed by atoms with van der Waals surface area (Å²) in [5.74, 6) is -0.00966. The van der Waals surface area contributed by atoms with Crippen molar-refractivity contribution in [2.24, 2.45) is 0 Å². The van der Waals surface area contributed by atoms with Gasteiger partial charge in [-0.05, 0) is 44.0 Å². The highest BCUT2D eigenvalue weighted by atomic mass is 16.2. The Morgan fingerprint density at radius 2 is 2.00 bits per heavy atom. The maximum Gasteiger partial charge on any atom is 0.260 e. The average molecular weight is 333 g/mol. The van der Waals surface area contributed by atoms with Gasteiger partial charge < -0.3 is 0 Å². The summed E-state index contributed by atoms with van der Waals surface area (Å²) in [6.45, 7) is 7.23. The minimum Gasteiger partial charge on any atom is -0.299 e. The zero-order valence-electron chi connectivity index (χ0n) is 14.5. The summed E-state index contributed by atoms with van der Waals surface area (Å²) >= 11 is 0. The van der Waals surface area contributed by atoms with E-state index in [1.165, 1.54) is 0 Å². The van der Waals surface area contributed by atoms with E-state index in [9.17, 15) is 4.79 Å². The number of pyridine rings is 2. The lowest BCUT2D eigenvalue weighted by Crippen LogP contribution is -2.22. The largest absolute Gasteiger partial charge is 0.299 e. The summed E-state index contributed by atoms with van der Waals surface area (Å²) in [6.07, 6.45) is 7.25. The molecular weight excluding hydrogens is 314 g/mol. The molecule has 0 spiro atoms.